The molecule has 1 aromatic carbocycles. The van der Waals surface area contributed by atoms with E-state index in [4.69, 9.17) is 16.0 Å². The highest BCUT2D eigenvalue weighted by atomic mass is 35.5. The smallest absolute Gasteiger partial charge is 0.264 e. The highest BCUT2D eigenvalue weighted by Crippen LogP contribution is 2.41. The third-order valence-electron chi connectivity index (χ3n) is 4.34. The van der Waals surface area contributed by atoms with Crippen LogP contribution in [0.15, 0.2) is 27.5 Å². The molecule has 0 radical (unpaired) electrons. The van der Waals surface area contributed by atoms with Crippen LogP contribution < -0.4 is 4.72 Å². The van der Waals surface area contributed by atoms with Crippen molar-refractivity contribution >= 4 is 27.3 Å². The van der Waals surface area contributed by atoms with Gasteiger partial charge in [-0.05, 0) is 44.9 Å². The van der Waals surface area contributed by atoms with Crippen molar-refractivity contribution in [2.75, 3.05) is 4.72 Å². The van der Waals surface area contributed by atoms with Crippen LogP contribution in [0.25, 0.3) is 11.5 Å². The molecule has 2 aromatic heterocycles. The molecule has 0 unspecified atom stereocenters. The summed E-state index contributed by atoms with van der Waals surface area (Å²) < 4.78 is 47.5. The predicted molar refractivity (Wildman–Crippen MR) is 97.8 cm³/mol. The molecule has 0 atom stereocenters. The number of sulfonamides is 1. The van der Waals surface area contributed by atoms with Crippen LogP contribution in [0.1, 0.15) is 36.0 Å². The molecular weight excluding hydrogens is 395 g/mol. The first-order valence-electron chi connectivity index (χ1n) is 8.27. The summed E-state index contributed by atoms with van der Waals surface area (Å²) in [6.07, 6.45) is 1.98. The minimum atomic E-state index is -4.02. The van der Waals surface area contributed by atoms with Gasteiger partial charge in [0.1, 0.15) is 10.7 Å². The van der Waals surface area contributed by atoms with Gasteiger partial charge in [0.15, 0.2) is 0 Å². The molecule has 1 aliphatic rings. The quantitative estimate of drug-likeness (QED) is 0.657. The molecule has 0 amide bonds. The van der Waals surface area contributed by atoms with Gasteiger partial charge in [0.05, 0.1) is 16.3 Å². The average molecular weight is 411 g/mol. The van der Waals surface area contributed by atoms with Crippen LogP contribution in [0.2, 0.25) is 5.02 Å². The summed E-state index contributed by atoms with van der Waals surface area (Å²) in [7, 11) is -4.02. The van der Waals surface area contributed by atoms with Crippen molar-refractivity contribution in [1.29, 1.82) is 0 Å². The average Bonchev–Trinajstić information content (AvgIpc) is 3.24. The highest BCUT2D eigenvalue weighted by molar-refractivity contribution is 7.93. The van der Waals surface area contributed by atoms with E-state index < -0.39 is 15.8 Å². The molecule has 0 aliphatic heterocycles. The summed E-state index contributed by atoms with van der Waals surface area (Å²) in [5, 5.41) is 7.88. The lowest BCUT2D eigenvalue weighted by atomic mass is 10.2. The Bertz CT molecular complexity index is 1140. The number of anilines is 1. The molecule has 0 saturated heterocycles. The molecule has 10 heteroatoms. The van der Waals surface area contributed by atoms with Gasteiger partial charge in [-0.3, -0.25) is 4.72 Å². The summed E-state index contributed by atoms with van der Waals surface area (Å²) in [5.41, 5.74) is 1.49. The van der Waals surface area contributed by atoms with E-state index in [1.165, 1.54) is 12.1 Å². The Morgan fingerprint density at radius 3 is 2.67 bits per heavy atom. The fourth-order valence-electron chi connectivity index (χ4n) is 2.95. The van der Waals surface area contributed by atoms with Crippen LogP contribution in [-0.4, -0.2) is 23.6 Å². The van der Waals surface area contributed by atoms with Crippen molar-refractivity contribution in [3.05, 3.63) is 46.3 Å². The third kappa shape index (κ3) is 3.32. The third-order valence-corrected chi connectivity index (χ3v) is 6.18. The maximum Gasteiger partial charge on any atom is 0.264 e. The van der Waals surface area contributed by atoms with Crippen LogP contribution in [0.3, 0.4) is 0 Å². The molecule has 2 N–H and O–H groups in total. The monoisotopic (exact) mass is 410 g/mol. The van der Waals surface area contributed by atoms with Crippen LogP contribution in [0.5, 0.6) is 0 Å². The van der Waals surface area contributed by atoms with E-state index in [9.17, 15) is 12.8 Å². The summed E-state index contributed by atoms with van der Waals surface area (Å²) in [6.45, 7) is 3.37. The molecule has 1 fully saturated rings. The highest BCUT2D eigenvalue weighted by Gasteiger charge is 2.33. The van der Waals surface area contributed by atoms with Crippen LogP contribution in [0.4, 0.5) is 10.1 Å². The zero-order valence-electron chi connectivity index (χ0n) is 14.5. The minimum Gasteiger partial charge on any atom is -0.420 e. The molecule has 0 spiro atoms. The number of nitrogens with zero attached hydrogens (tertiary/aromatic N) is 2. The largest absolute Gasteiger partial charge is 0.420 e. The van der Waals surface area contributed by atoms with Crippen molar-refractivity contribution < 1.29 is 17.2 Å². The van der Waals surface area contributed by atoms with Crippen molar-refractivity contribution in [2.45, 2.75) is 37.5 Å². The minimum absolute atomic E-state index is 0.00597. The Balaban J connectivity index is 1.76. The van der Waals surface area contributed by atoms with Gasteiger partial charge in [-0.1, -0.05) is 11.6 Å². The summed E-state index contributed by atoms with van der Waals surface area (Å²) in [6, 6.07) is 3.60. The van der Waals surface area contributed by atoms with Gasteiger partial charge >= 0.3 is 0 Å². The second kappa shape index (κ2) is 6.35. The lowest BCUT2D eigenvalue weighted by Gasteiger charge is -2.10. The van der Waals surface area contributed by atoms with E-state index in [2.05, 4.69) is 19.9 Å². The first-order valence-corrected chi connectivity index (χ1v) is 10.1. The second-order valence-corrected chi connectivity index (χ2v) is 8.56. The van der Waals surface area contributed by atoms with E-state index in [0.717, 1.165) is 18.9 Å². The number of rotatable bonds is 5. The normalized spacial score (nSPS) is 14.5. The molecule has 7 nitrogen and oxygen atoms in total. The Labute approximate surface area is 160 Å². The van der Waals surface area contributed by atoms with Crippen molar-refractivity contribution in [3.8, 4) is 11.5 Å². The number of aryl methyl sites for hydroxylation is 2. The van der Waals surface area contributed by atoms with Gasteiger partial charge in [-0.2, -0.15) is 0 Å². The number of aromatic amines is 1. The van der Waals surface area contributed by atoms with E-state index >= 15 is 0 Å². The Morgan fingerprint density at radius 2 is 2.00 bits per heavy atom. The van der Waals surface area contributed by atoms with Crippen LogP contribution >= 0.6 is 11.6 Å². The Kier molecular flexibility index (Phi) is 4.23. The van der Waals surface area contributed by atoms with Gasteiger partial charge in [0.25, 0.3) is 15.9 Å². The van der Waals surface area contributed by atoms with Crippen molar-refractivity contribution in [1.82, 2.24) is 15.2 Å². The topological polar surface area (TPSA) is 101 Å². The van der Waals surface area contributed by atoms with Crippen molar-refractivity contribution in [2.24, 2.45) is 0 Å². The number of benzene rings is 1. The molecule has 27 heavy (non-hydrogen) atoms. The molecule has 3 aromatic rings. The van der Waals surface area contributed by atoms with Crippen molar-refractivity contribution in [3.63, 3.8) is 0 Å². The summed E-state index contributed by atoms with van der Waals surface area (Å²) >= 11 is 5.74. The molecule has 1 saturated carbocycles. The van der Waals surface area contributed by atoms with E-state index in [1.807, 2.05) is 0 Å². The lowest BCUT2D eigenvalue weighted by molar-refractivity contribution is 0.507. The second-order valence-electron chi connectivity index (χ2n) is 6.53. The lowest BCUT2D eigenvalue weighted by Crippen LogP contribution is -2.14. The van der Waals surface area contributed by atoms with E-state index in [-0.39, 0.29) is 27.4 Å². The first-order chi connectivity index (χ1) is 12.8. The van der Waals surface area contributed by atoms with Gasteiger partial charge in [-0.25, -0.2) is 12.8 Å². The summed E-state index contributed by atoms with van der Waals surface area (Å²) in [5.74, 6) is 0.291. The van der Waals surface area contributed by atoms with Gasteiger partial charge in [0.2, 0.25) is 5.89 Å². The predicted octanol–water partition coefficient (Wildman–Crippen LogP) is 4.15. The van der Waals surface area contributed by atoms with Gasteiger partial charge in [-0.15, -0.1) is 10.2 Å². The molecule has 4 rings (SSSR count). The maximum atomic E-state index is 13.3. The van der Waals surface area contributed by atoms with E-state index in [1.54, 1.807) is 13.8 Å². The molecule has 142 valence electrons. The van der Waals surface area contributed by atoms with Gasteiger partial charge in [0, 0.05) is 17.3 Å². The molecule has 1 aliphatic carbocycles. The van der Waals surface area contributed by atoms with Crippen LogP contribution in [-0.2, 0) is 10.0 Å². The summed E-state index contributed by atoms with van der Waals surface area (Å²) in [4.78, 5) is 3.01. The molecule has 2 heterocycles. The number of nitrogens with one attached hydrogen (secondary N) is 2. The zero-order valence-corrected chi connectivity index (χ0v) is 16.1. The van der Waals surface area contributed by atoms with E-state index in [0.29, 0.717) is 22.8 Å². The Morgan fingerprint density at radius 1 is 1.26 bits per heavy atom. The number of halogens is 2. The standard InChI is InChI=1S/C17H16ClFN4O3S/c1-8-14(17-22-21-16(26-17)10-3-4-10)15(9(2)20-8)27(24,25)23-11-5-6-13(19)12(18)7-11/h5-7,10,20,23H,3-4H2,1-2H3. The fourth-order valence-corrected chi connectivity index (χ4v) is 4.63. The SMILES string of the molecule is Cc1[nH]c(C)c(S(=O)(=O)Nc2ccc(F)c(Cl)c2)c1-c1nnc(C2CC2)o1. The maximum absolute atomic E-state index is 13.3. The number of H-pyrrole nitrogens is 1. The number of hydrogen-bond donors (Lipinski definition) is 2. The van der Waals surface area contributed by atoms with Gasteiger partial charge < -0.3 is 9.40 Å². The number of aromatic nitrogens is 3. The number of hydrogen-bond acceptors (Lipinski definition) is 5. The Hall–Kier alpha value is -2.39. The molecule has 0 bridgehead atoms. The first kappa shape index (κ1) is 18.0. The molecular formula is C17H16ClFN4O3S. The van der Waals surface area contributed by atoms with Crippen LogP contribution in [0, 0.1) is 19.7 Å². The zero-order chi connectivity index (χ0) is 19.3. The fraction of sp³-hybridized carbons (Fsp3) is 0.294.